The van der Waals surface area contributed by atoms with Gasteiger partial charge in [0.25, 0.3) is 0 Å². The van der Waals surface area contributed by atoms with Gasteiger partial charge in [0.05, 0.1) is 0 Å². The Labute approximate surface area is 83.7 Å². The summed E-state index contributed by atoms with van der Waals surface area (Å²) in [5, 5.41) is 0.346. The maximum absolute atomic E-state index is 5.48. The van der Waals surface area contributed by atoms with Gasteiger partial charge in [-0.15, -0.1) is 0 Å². The van der Waals surface area contributed by atoms with E-state index in [0.717, 1.165) is 5.56 Å². The van der Waals surface area contributed by atoms with Crippen molar-refractivity contribution in [2.24, 2.45) is 5.73 Å². The van der Waals surface area contributed by atoms with Crippen LogP contribution < -0.4 is 5.73 Å². The van der Waals surface area contributed by atoms with Crippen LogP contribution in [0.5, 0.6) is 0 Å². The van der Waals surface area contributed by atoms with Crippen molar-refractivity contribution in [1.82, 2.24) is 4.90 Å². The van der Waals surface area contributed by atoms with E-state index in [4.69, 9.17) is 18.0 Å². The van der Waals surface area contributed by atoms with E-state index in [-0.39, 0.29) is 0 Å². The monoisotopic (exact) mass is 192 g/mol. The van der Waals surface area contributed by atoms with Gasteiger partial charge in [0.1, 0.15) is 0 Å². The third-order valence-corrected chi connectivity index (χ3v) is 1.93. The molecule has 1 aromatic rings. The molecule has 0 radical (unpaired) electrons. The van der Waals surface area contributed by atoms with Crippen LogP contribution in [0.1, 0.15) is 5.56 Å². The summed E-state index contributed by atoms with van der Waals surface area (Å²) in [5.41, 5.74) is 6.64. The molecule has 0 aliphatic rings. The van der Waals surface area contributed by atoms with Gasteiger partial charge in [-0.2, -0.15) is 0 Å². The number of rotatable bonds is 3. The molecule has 0 spiro atoms. The number of thiocarbonyl (C=S) groups is 1. The average Bonchev–Trinajstić information content (AvgIpc) is 2.15. The second-order valence-electron chi connectivity index (χ2n) is 2.63. The normalized spacial score (nSPS) is 9.23. The minimum atomic E-state index is 0.346. The Bertz CT molecular complexity index is 295. The third-order valence-electron chi connectivity index (χ3n) is 1.70. The molecule has 68 valence electrons. The lowest BCUT2D eigenvalue weighted by atomic mass is 10.2. The van der Waals surface area contributed by atoms with Crippen molar-refractivity contribution < 1.29 is 0 Å². The van der Waals surface area contributed by atoms with Crippen molar-refractivity contribution in [2.75, 3.05) is 0 Å². The zero-order valence-corrected chi connectivity index (χ0v) is 8.13. The fourth-order valence-corrected chi connectivity index (χ4v) is 1.15. The molecule has 0 heterocycles. The van der Waals surface area contributed by atoms with Crippen LogP contribution in [-0.4, -0.2) is 10.0 Å². The molecule has 1 rings (SSSR count). The summed E-state index contributed by atoms with van der Waals surface area (Å²) in [5.74, 6) is 0. The van der Waals surface area contributed by atoms with Gasteiger partial charge in [-0.1, -0.05) is 36.9 Å². The molecule has 0 unspecified atom stereocenters. The Balaban J connectivity index is 2.67. The fraction of sp³-hybridized carbons (Fsp3) is 0.100. The van der Waals surface area contributed by atoms with E-state index in [1.807, 2.05) is 30.3 Å². The van der Waals surface area contributed by atoms with Crippen molar-refractivity contribution in [1.29, 1.82) is 0 Å². The summed E-state index contributed by atoms with van der Waals surface area (Å²) in [6, 6.07) is 9.98. The van der Waals surface area contributed by atoms with E-state index in [1.165, 1.54) is 0 Å². The largest absolute Gasteiger partial charge is 0.376 e. The van der Waals surface area contributed by atoms with E-state index in [9.17, 15) is 0 Å². The molecule has 0 aliphatic carbocycles. The zero-order chi connectivity index (χ0) is 9.68. The highest BCUT2D eigenvalue weighted by atomic mass is 32.1. The predicted molar refractivity (Wildman–Crippen MR) is 59.0 cm³/mol. The van der Waals surface area contributed by atoms with Crippen LogP contribution in [0.2, 0.25) is 0 Å². The van der Waals surface area contributed by atoms with Gasteiger partial charge in [-0.3, -0.25) is 0 Å². The third kappa shape index (κ3) is 2.87. The molecule has 0 saturated heterocycles. The van der Waals surface area contributed by atoms with Gasteiger partial charge in [0, 0.05) is 6.54 Å². The van der Waals surface area contributed by atoms with E-state index in [0.29, 0.717) is 11.7 Å². The Morgan fingerprint density at radius 1 is 1.46 bits per heavy atom. The molecule has 0 atom stereocenters. The van der Waals surface area contributed by atoms with Gasteiger partial charge in [0.2, 0.25) is 0 Å². The SMILES string of the molecule is C=CN(Cc1ccccc1)C(N)=S. The van der Waals surface area contributed by atoms with Crippen molar-refractivity contribution in [3.05, 3.63) is 48.7 Å². The summed E-state index contributed by atoms with van der Waals surface area (Å²) in [6.07, 6.45) is 1.63. The first kappa shape index (κ1) is 9.74. The van der Waals surface area contributed by atoms with E-state index in [2.05, 4.69) is 6.58 Å². The smallest absolute Gasteiger partial charge is 0.170 e. The van der Waals surface area contributed by atoms with Crippen LogP contribution in [0.3, 0.4) is 0 Å². The minimum absolute atomic E-state index is 0.346. The molecule has 13 heavy (non-hydrogen) atoms. The molecule has 3 heteroatoms. The topological polar surface area (TPSA) is 29.3 Å². The summed E-state index contributed by atoms with van der Waals surface area (Å²) < 4.78 is 0. The van der Waals surface area contributed by atoms with E-state index in [1.54, 1.807) is 11.1 Å². The maximum Gasteiger partial charge on any atom is 0.170 e. The van der Waals surface area contributed by atoms with Crippen molar-refractivity contribution >= 4 is 17.3 Å². The zero-order valence-electron chi connectivity index (χ0n) is 7.31. The van der Waals surface area contributed by atoms with Gasteiger partial charge < -0.3 is 10.6 Å². The summed E-state index contributed by atoms with van der Waals surface area (Å²) in [6.45, 7) is 4.32. The highest BCUT2D eigenvalue weighted by Gasteiger charge is 2.01. The van der Waals surface area contributed by atoms with Crippen molar-refractivity contribution in [2.45, 2.75) is 6.54 Å². The summed E-state index contributed by atoms with van der Waals surface area (Å²) in [7, 11) is 0. The molecule has 0 amide bonds. The standard InChI is InChI=1S/C10H12N2S/c1-2-12(10(11)13)8-9-6-4-3-5-7-9/h2-7H,1,8H2,(H2,11,13). The molecule has 0 bridgehead atoms. The van der Waals surface area contributed by atoms with Gasteiger partial charge >= 0.3 is 0 Å². The molecule has 1 aromatic carbocycles. The lowest BCUT2D eigenvalue weighted by molar-refractivity contribution is 0.558. The summed E-state index contributed by atoms with van der Waals surface area (Å²) in [4.78, 5) is 1.73. The molecule has 0 saturated carbocycles. The highest BCUT2D eigenvalue weighted by Crippen LogP contribution is 2.03. The molecule has 0 aromatic heterocycles. The Kier molecular flexibility index (Phi) is 3.46. The quantitative estimate of drug-likeness (QED) is 0.741. The summed E-state index contributed by atoms with van der Waals surface area (Å²) >= 11 is 4.85. The van der Waals surface area contributed by atoms with Crippen LogP contribution >= 0.6 is 12.2 Å². The minimum Gasteiger partial charge on any atom is -0.376 e. The molecule has 0 aliphatic heterocycles. The van der Waals surface area contributed by atoms with Crippen molar-refractivity contribution in [3.63, 3.8) is 0 Å². The van der Waals surface area contributed by atoms with E-state index < -0.39 is 0 Å². The molecular formula is C10H12N2S. The Hall–Kier alpha value is -1.35. The fourth-order valence-electron chi connectivity index (χ4n) is 1.01. The first-order valence-electron chi connectivity index (χ1n) is 3.96. The van der Waals surface area contributed by atoms with E-state index >= 15 is 0 Å². The van der Waals surface area contributed by atoms with Crippen LogP contribution in [0, 0.1) is 0 Å². The number of nitrogens with two attached hydrogens (primary N) is 1. The number of nitrogens with zero attached hydrogens (tertiary/aromatic N) is 1. The molecule has 2 N–H and O–H groups in total. The highest BCUT2D eigenvalue weighted by molar-refractivity contribution is 7.80. The number of hydrogen-bond donors (Lipinski definition) is 1. The first-order chi connectivity index (χ1) is 6.24. The Morgan fingerprint density at radius 2 is 2.08 bits per heavy atom. The molecular weight excluding hydrogens is 180 g/mol. The lowest BCUT2D eigenvalue weighted by Gasteiger charge is -2.17. The van der Waals surface area contributed by atoms with Gasteiger partial charge in [0.15, 0.2) is 5.11 Å². The second kappa shape index (κ2) is 4.62. The second-order valence-corrected chi connectivity index (χ2v) is 3.05. The first-order valence-corrected chi connectivity index (χ1v) is 4.37. The average molecular weight is 192 g/mol. The van der Waals surface area contributed by atoms with Crippen LogP contribution in [0.25, 0.3) is 0 Å². The van der Waals surface area contributed by atoms with Crippen LogP contribution in [0.15, 0.2) is 43.1 Å². The molecule has 0 fully saturated rings. The number of benzene rings is 1. The lowest BCUT2D eigenvalue weighted by Crippen LogP contribution is -2.29. The van der Waals surface area contributed by atoms with Crippen molar-refractivity contribution in [3.8, 4) is 0 Å². The van der Waals surface area contributed by atoms with Gasteiger partial charge in [-0.05, 0) is 24.0 Å². The van der Waals surface area contributed by atoms with Crippen LogP contribution in [-0.2, 0) is 6.54 Å². The van der Waals surface area contributed by atoms with Gasteiger partial charge in [-0.25, -0.2) is 0 Å². The Morgan fingerprint density at radius 3 is 2.54 bits per heavy atom. The predicted octanol–water partition coefficient (Wildman–Crippen LogP) is 1.88. The number of hydrogen-bond acceptors (Lipinski definition) is 1. The maximum atomic E-state index is 5.48. The van der Waals surface area contributed by atoms with Crippen LogP contribution in [0.4, 0.5) is 0 Å². The molecule has 2 nitrogen and oxygen atoms in total.